The summed E-state index contributed by atoms with van der Waals surface area (Å²) >= 11 is 0. The Morgan fingerprint density at radius 3 is 3.09 bits per heavy atom. The van der Waals surface area contributed by atoms with E-state index in [4.69, 9.17) is 4.52 Å². The molecular formula is C15H22N6O. The van der Waals surface area contributed by atoms with Crippen LogP contribution in [0.1, 0.15) is 44.3 Å². The van der Waals surface area contributed by atoms with Gasteiger partial charge in [-0.05, 0) is 25.0 Å². The second-order valence-corrected chi connectivity index (χ2v) is 5.95. The number of nitrogens with one attached hydrogen (secondary N) is 1. The Labute approximate surface area is 130 Å². The van der Waals surface area contributed by atoms with Gasteiger partial charge in [-0.2, -0.15) is 10.1 Å². The van der Waals surface area contributed by atoms with Gasteiger partial charge in [-0.25, -0.2) is 0 Å². The summed E-state index contributed by atoms with van der Waals surface area (Å²) in [6.07, 6.45) is 3.98. The van der Waals surface area contributed by atoms with Crippen molar-refractivity contribution < 1.29 is 4.52 Å². The molecule has 3 rings (SSSR count). The van der Waals surface area contributed by atoms with Crippen LogP contribution in [-0.4, -0.2) is 39.5 Å². The molecule has 0 unspecified atom stereocenters. The Balaban J connectivity index is 1.54. The van der Waals surface area contributed by atoms with Crippen LogP contribution in [0.4, 0.5) is 5.82 Å². The highest BCUT2D eigenvalue weighted by atomic mass is 16.5. The SMILES string of the molecule is CC(C)c1nc(CN[C@H]2CCCN(c3cccnn3)C2)no1. The highest BCUT2D eigenvalue weighted by molar-refractivity contribution is 5.37. The van der Waals surface area contributed by atoms with Crippen LogP contribution >= 0.6 is 0 Å². The fourth-order valence-electron chi connectivity index (χ4n) is 2.62. The first-order valence-corrected chi connectivity index (χ1v) is 7.81. The molecule has 0 spiro atoms. The topological polar surface area (TPSA) is 80.0 Å². The summed E-state index contributed by atoms with van der Waals surface area (Å²) in [6, 6.07) is 4.33. The van der Waals surface area contributed by atoms with Crippen molar-refractivity contribution in [3.05, 3.63) is 30.0 Å². The summed E-state index contributed by atoms with van der Waals surface area (Å²) in [5.41, 5.74) is 0. The van der Waals surface area contributed by atoms with E-state index in [0.717, 1.165) is 37.6 Å². The number of aromatic nitrogens is 4. The van der Waals surface area contributed by atoms with E-state index in [0.29, 0.717) is 18.5 Å². The molecule has 7 heteroatoms. The summed E-state index contributed by atoms with van der Waals surface area (Å²) in [4.78, 5) is 6.66. The van der Waals surface area contributed by atoms with Crippen LogP contribution in [0.2, 0.25) is 0 Å². The van der Waals surface area contributed by atoms with Gasteiger partial charge in [0.05, 0.1) is 6.54 Å². The van der Waals surface area contributed by atoms with Crippen molar-refractivity contribution in [3.8, 4) is 0 Å². The molecule has 0 saturated carbocycles. The number of rotatable bonds is 5. The van der Waals surface area contributed by atoms with Crippen molar-refractivity contribution in [2.45, 2.75) is 45.2 Å². The summed E-state index contributed by atoms with van der Waals surface area (Å²) in [7, 11) is 0. The maximum absolute atomic E-state index is 5.23. The Bertz CT molecular complexity index is 585. The largest absolute Gasteiger partial charge is 0.354 e. The lowest BCUT2D eigenvalue weighted by Gasteiger charge is -2.33. The van der Waals surface area contributed by atoms with Gasteiger partial charge >= 0.3 is 0 Å². The van der Waals surface area contributed by atoms with Gasteiger partial charge in [-0.15, -0.1) is 5.10 Å². The maximum atomic E-state index is 5.23. The molecule has 1 aliphatic heterocycles. The Hall–Kier alpha value is -2.02. The molecule has 1 saturated heterocycles. The van der Waals surface area contributed by atoms with Gasteiger partial charge in [0.2, 0.25) is 5.89 Å². The number of anilines is 1. The van der Waals surface area contributed by atoms with Crippen LogP contribution in [0.5, 0.6) is 0 Å². The molecule has 22 heavy (non-hydrogen) atoms. The highest BCUT2D eigenvalue weighted by Gasteiger charge is 2.21. The van der Waals surface area contributed by atoms with E-state index in [1.54, 1.807) is 6.20 Å². The lowest BCUT2D eigenvalue weighted by atomic mass is 10.1. The standard InChI is InChI=1S/C15H22N6O/c1-11(2)15-18-13(20-22-15)9-16-12-5-4-8-21(10-12)14-6-3-7-17-19-14/h3,6-7,11-12,16H,4-5,8-10H2,1-2H3/t12-/m0/s1. The third-order valence-corrected chi connectivity index (χ3v) is 3.83. The summed E-state index contributed by atoms with van der Waals surface area (Å²) in [5, 5.41) is 15.7. The average Bonchev–Trinajstić information content (AvgIpc) is 3.03. The van der Waals surface area contributed by atoms with E-state index in [1.807, 2.05) is 26.0 Å². The van der Waals surface area contributed by atoms with E-state index in [-0.39, 0.29) is 5.92 Å². The van der Waals surface area contributed by atoms with Crippen molar-refractivity contribution in [1.82, 2.24) is 25.7 Å². The van der Waals surface area contributed by atoms with E-state index in [1.165, 1.54) is 0 Å². The Morgan fingerprint density at radius 1 is 1.45 bits per heavy atom. The van der Waals surface area contributed by atoms with Crippen LogP contribution in [0.15, 0.2) is 22.9 Å². The molecule has 0 aromatic carbocycles. The number of nitrogens with zero attached hydrogens (tertiary/aromatic N) is 5. The quantitative estimate of drug-likeness (QED) is 0.901. The third-order valence-electron chi connectivity index (χ3n) is 3.83. The van der Waals surface area contributed by atoms with Gasteiger partial charge < -0.3 is 14.7 Å². The van der Waals surface area contributed by atoms with E-state index < -0.39 is 0 Å². The van der Waals surface area contributed by atoms with Gasteiger partial charge in [0.1, 0.15) is 0 Å². The van der Waals surface area contributed by atoms with Crippen molar-refractivity contribution >= 4 is 5.82 Å². The first-order chi connectivity index (χ1) is 10.7. The van der Waals surface area contributed by atoms with Gasteiger partial charge in [-0.3, -0.25) is 0 Å². The molecule has 1 fully saturated rings. The molecule has 118 valence electrons. The van der Waals surface area contributed by atoms with Gasteiger partial charge in [0.25, 0.3) is 0 Å². The molecule has 1 N–H and O–H groups in total. The molecule has 1 aliphatic rings. The molecular weight excluding hydrogens is 280 g/mol. The van der Waals surface area contributed by atoms with Crippen LogP contribution in [0.3, 0.4) is 0 Å². The predicted octanol–water partition coefficient (Wildman–Crippen LogP) is 1.74. The minimum absolute atomic E-state index is 0.267. The highest BCUT2D eigenvalue weighted by Crippen LogP contribution is 2.17. The molecule has 1 atom stereocenters. The second-order valence-electron chi connectivity index (χ2n) is 5.95. The molecule has 0 aliphatic carbocycles. The van der Waals surface area contributed by atoms with Gasteiger partial charge in [-0.1, -0.05) is 19.0 Å². The van der Waals surface area contributed by atoms with Crippen LogP contribution in [0.25, 0.3) is 0 Å². The predicted molar refractivity (Wildman–Crippen MR) is 82.5 cm³/mol. The smallest absolute Gasteiger partial charge is 0.229 e. The Morgan fingerprint density at radius 2 is 2.36 bits per heavy atom. The average molecular weight is 302 g/mol. The van der Waals surface area contributed by atoms with E-state index in [2.05, 4.69) is 30.6 Å². The number of hydrogen-bond donors (Lipinski definition) is 1. The fourth-order valence-corrected chi connectivity index (χ4v) is 2.62. The van der Waals surface area contributed by atoms with E-state index >= 15 is 0 Å². The normalized spacial score (nSPS) is 18.9. The number of piperidine rings is 1. The Kier molecular flexibility index (Phi) is 4.62. The van der Waals surface area contributed by atoms with Crippen LogP contribution in [0, 0.1) is 0 Å². The molecule has 7 nitrogen and oxygen atoms in total. The lowest BCUT2D eigenvalue weighted by molar-refractivity contribution is 0.355. The monoisotopic (exact) mass is 302 g/mol. The second kappa shape index (κ2) is 6.83. The zero-order valence-corrected chi connectivity index (χ0v) is 13.1. The molecule has 0 bridgehead atoms. The minimum atomic E-state index is 0.267. The molecule has 0 radical (unpaired) electrons. The lowest BCUT2D eigenvalue weighted by Crippen LogP contribution is -2.46. The molecule has 2 aromatic heterocycles. The summed E-state index contributed by atoms with van der Waals surface area (Å²) < 4.78 is 5.23. The molecule has 0 amide bonds. The molecule has 2 aromatic rings. The van der Waals surface area contributed by atoms with Crippen molar-refractivity contribution in [1.29, 1.82) is 0 Å². The summed E-state index contributed by atoms with van der Waals surface area (Å²) in [6.45, 7) is 6.68. The minimum Gasteiger partial charge on any atom is -0.354 e. The zero-order chi connectivity index (χ0) is 15.4. The van der Waals surface area contributed by atoms with E-state index in [9.17, 15) is 0 Å². The van der Waals surface area contributed by atoms with Crippen LogP contribution in [-0.2, 0) is 6.54 Å². The van der Waals surface area contributed by atoms with Gasteiger partial charge in [0.15, 0.2) is 11.6 Å². The molecule has 3 heterocycles. The van der Waals surface area contributed by atoms with Crippen molar-refractivity contribution in [3.63, 3.8) is 0 Å². The fraction of sp³-hybridized carbons (Fsp3) is 0.600. The van der Waals surface area contributed by atoms with Crippen LogP contribution < -0.4 is 10.2 Å². The number of hydrogen-bond acceptors (Lipinski definition) is 7. The first kappa shape index (κ1) is 14.9. The maximum Gasteiger partial charge on any atom is 0.229 e. The third kappa shape index (κ3) is 3.59. The first-order valence-electron chi connectivity index (χ1n) is 7.81. The zero-order valence-electron chi connectivity index (χ0n) is 13.1. The van der Waals surface area contributed by atoms with Gasteiger partial charge in [0, 0.05) is 31.2 Å². The van der Waals surface area contributed by atoms with Crippen molar-refractivity contribution in [2.24, 2.45) is 0 Å². The summed E-state index contributed by atoms with van der Waals surface area (Å²) in [5.74, 6) is 2.63. The van der Waals surface area contributed by atoms with Crippen molar-refractivity contribution in [2.75, 3.05) is 18.0 Å².